The number of sulfone groups is 1. The third-order valence-electron chi connectivity index (χ3n) is 3.43. The maximum Gasteiger partial charge on any atom is 0.341 e. The molecule has 0 bridgehead atoms. The van der Waals surface area contributed by atoms with Gasteiger partial charge in [-0.3, -0.25) is 4.79 Å². The first-order valence-corrected chi connectivity index (χ1v) is 9.40. The zero-order chi connectivity index (χ0) is 19.3. The molecule has 0 spiro atoms. The van der Waals surface area contributed by atoms with Crippen LogP contribution in [0.3, 0.4) is 0 Å². The third kappa shape index (κ3) is 5.01. The second kappa shape index (κ2) is 8.27. The first-order valence-electron chi connectivity index (χ1n) is 7.86. The van der Waals surface area contributed by atoms with Crippen LogP contribution in [0.5, 0.6) is 5.75 Å². The summed E-state index contributed by atoms with van der Waals surface area (Å²) < 4.78 is 53.2. The van der Waals surface area contributed by atoms with Crippen LogP contribution in [0, 0.1) is 0 Å². The number of nitrogens with one attached hydrogen (secondary N) is 1. The number of halogens is 2. The van der Waals surface area contributed by atoms with E-state index in [0.29, 0.717) is 0 Å². The Bertz CT molecular complexity index is 848. The molecule has 0 heterocycles. The van der Waals surface area contributed by atoms with Gasteiger partial charge in [-0.15, -0.1) is 0 Å². The van der Waals surface area contributed by atoms with Crippen molar-refractivity contribution in [1.29, 1.82) is 0 Å². The van der Waals surface area contributed by atoms with E-state index in [4.69, 9.17) is 4.74 Å². The summed E-state index contributed by atoms with van der Waals surface area (Å²) in [7, 11) is -4.66. The normalized spacial score (nSPS) is 11.6. The highest BCUT2D eigenvalue weighted by atomic mass is 32.2. The van der Waals surface area contributed by atoms with E-state index in [-0.39, 0.29) is 18.2 Å². The topological polar surface area (TPSA) is 72.5 Å². The van der Waals surface area contributed by atoms with Crippen molar-refractivity contribution in [2.75, 3.05) is 0 Å². The summed E-state index contributed by atoms with van der Waals surface area (Å²) in [6.07, 6.45) is 0.0670. The molecule has 2 rings (SSSR count). The lowest BCUT2D eigenvalue weighted by atomic mass is 10.2. The second-order valence-electron chi connectivity index (χ2n) is 5.82. The van der Waals surface area contributed by atoms with Gasteiger partial charge in [0.1, 0.15) is 5.75 Å². The highest BCUT2D eigenvalue weighted by molar-refractivity contribution is 7.91. The summed E-state index contributed by atoms with van der Waals surface area (Å²) in [5.74, 6) is -3.20. The largest absolute Gasteiger partial charge is 0.491 e. The molecule has 8 heteroatoms. The Morgan fingerprint density at radius 3 is 2.12 bits per heavy atom. The summed E-state index contributed by atoms with van der Waals surface area (Å²) in [5, 5.41) is 2.68. The van der Waals surface area contributed by atoms with Crippen molar-refractivity contribution < 1.29 is 26.7 Å². The third-order valence-corrected chi connectivity index (χ3v) is 4.83. The van der Waals surface area contributed by atoms with Crippen LogP contribution >= 0.6 is 0 Å². The fourth-order valence-electron chi connectivity index (χ4n) is 2.14. The number of benzene rings is 2. The number of hydrogen-bond donors (Lipinski definition) is 1. The van der Waals surface area contributed by atoms with Crippen LogP contribution in [0.25, 0.3) is 0 Å². The summed E-state index contributed by atoms with van der Waals surface area (Å²) in [4.78, 5) is 11.6. The molecule has 26 heavy (non-hydrogen) atoms. The average molecular weight is 383 g/mol. The molecular weight excluding hydrogens is 364 g/mol. The zero-order valence-corrected chi connectivity index (χ0v) is 15.1. The minimum absolute atomic E-state index is 0.0670. The van der Waals surface area contributed by atoms with Crippen LogP contribution in [-0.4, -0.2) is 26.2 Å². The summed E-state index contributed by atoms with van der Waals surface area (Å²) in [5.41, 5.74) is 1.03. The van der Waals surface area contributed by atoms with Crippen LogP contribution in [0.1, 0.15) is 29.8 Å². The Labute approximate surface area is 150 Å². The molecule has 1 N–H and O–H groups in total. The number of rotatable bonds is 7. The number of ether oxygens (including phenoxy) is 1. The van der Waals surface area contributed by atoms with Crippen LogP contribution in [0.4, 0.5) is 8.78 Å². The van der Waals surface area contributed by atoms with Crippen LogP contribution in [-0.2, 0) is 16.4 Å². The van der Waals surface area contributed by atoms with Gasteiger partial charge in [-0.05, 0) is 55.8 Å². The molecule has 0 unspecified atom stereocenters. The molecule has 0 saturated carbocycles. The highest BCUT2D eigenvalue weighted by Crippen LogP contribution is 2.19. The van der Waals surface area contributed by atoms with Crippen molar-refractivity contribution in [3.63, 3.8) is 0 Å². The van der Waals surface area contributed by atoms with Crippen LogP contribution < -0.4 is 10.1 Å². The Kier molecular flexibility index (Phi) is 6.31. The Hall–Kier alpha value is -2.48. The molecule has 0 aliphatic heterocycles. The van der Waals surface area contributed by atoms with E-state index in [1.54, 1.807) is 12.1 Å². The lowest BCUT2D eigenvalue weighted by Gasteiger charge is -2.10. The van der Waals surface area contributed by atoms with Gasteiger partial charge >= 0.3 is 5.76 Å². The number of hydrogen-bond acceptors (Lipinski definition) is 4. The SMILES string of the molecule is CC(C)Oc1ccc(CNC(=O)c2ccc(S(=O)(=O)C(F)F)cc2)cc1. The molecule has 1 amide bonds. The smallest absolute Gasteiger partial charge is 0.341 e. The van der Waals surface area contributed by atoms with Crippen molar-refractivity contribution in [3.05, 3.63) is 59.7 Å². The molecular formula is C18H19F2NO4S. The molecule has 2 aromatic rings. The molecule has 0 atom stereocenters. The van der Waals surface area contributed by atoms with Gasteiger partial charge in [-0.25, -0.2) is 8.42 Å². The van der Waals surface area contributed by atoms with Crippen molar-refractivity contribution in [1.82, 2.24) is 5.32 Å². The average Bonchev–Trinajstić information content (AvgIpc) is 2.60. The summed E-state index contributed by atoms with van der Waals surface area (Å²) in [6, 6.07) is 11.6. The quantitative estimate of drug-likeness (QED) is 0.795. The standard InChI is InChI=1S/C18H19F2NO4S/c1-12(2)25-15-7-3-13(4-8-15)11-21-17(22)14-5-9-16(10-6-14)26(23,24)18(19)20/h3-10,12,18H,11H2,1-2H3,(H,21,22). The Morgan fingerprint density at radius 2 is 1.62 bits per heavy atom. The summed E-state index contributed by atoms with van der Waals surface area (Å²) in [6.45, 7) is 4.11. The maximum atomic E-state index is 12.5. The minimum Gasteiger partial charge on any atom is -0.491 e. The lowest BCUT2D eigenvalue weighted by molar-refractivity contribution is 0.0951. The van der Waals surface area contributed by atoms with Crippen molar-refractivity contribution in [2.24, 2.45) is 0 Å². The Balaban J connectivity index is 1.98. The summed E-state index contributed by atoms with van der Waals surface area (Å²) >= 11 is 0. The van der Waals surface area contributed by atoms with E-state index in [9.17, 15) is 22.0 Å². The molecule has 0 fully saturated rings. The van der Waals surface area contributed by atoms with Gasteiger partial charge in [0.15, 0.2) is 0 Å². The fraction of sp³-hybridized carbons (Fsp3) is 0.278. The molecule has 0 aliphatic rings. The van der Waals surface area contributed by atoms with E-state index >= 15 is 0 Å². The first kappa shape index (κ1) is 19.8. The number of carbonyl (C=O) groups is 1. The van der Waals surface area contributed by atoms with Gasteiger partial charge < -0.3 is 10.1 Å². The van der Waals surface area contributed by atoms with E-state index in [0.717, 1.165) is 23.4 Å². The van der Waals surface area contributed by atoms with Gasteiger partial charge in [-0.2, -0.15) is 8.78 Å². The van der Waals surface area contributed by atoms with Crippen LogP contribution in [0.2, 0.25) is 0 Å². The van der Waals surface area contributed by atoms with Gasteiger partial charge in [0, 0.05) is 12.1 Å². The first-order chi connectivity index (χ1) is 12.2. The van der Waals surface area contributed by atoms with E-state index < -0.39 is 26.4 Å². The predicted octanol–water partition coefficient (Wildman–Crippen LogP) is 3.40. The van der Waals surface area contributed by atoms with Gasteiger partial charge in [0.05, 0.1) is 11.0 Å². The van der Waals surface area contributed by atoms with Crippen molar-refractivity contribution in [2.45, 2.75) is 37.1 Å². The van der Waals surface area contributed by atoms with Crippen molar-refractivity contribution >= 4 is 15.7 Å². The molecule has 0 aliphatic carbocycles. The second-order valence-corrected chi connectivity index (χ2v) is 7.74. The monoisotopic (exact) mass is 383 g/mol. The number of carbonyl (C=O) groups excluding carboxylic acids is 1. The highest BCUT2D eigenvalue weighted by Gasteiger charge is 2.26. The lowest BCUT2D eigenvalue weighted by Crippen LogP contribution is -2.23. The molecule has 0 aromatic heterocycles. The van der Waals surface area contributed by atoms with Crippen LogP contribution in [0.15, 0.2) is 53.4 Å². The van der Waals surface area contributed by atoms with E-state index in [1.165, 1.54) is 12.1 Å². The molecule has 2 aromatic carbocycles. The molecule has 140 valence electrons. The number of alkyl halides is 2. The van der Waals surface area contributed by atoms with E-state index in [2.05, 4.69) is 5.32 Å². The number of amides is 1. The zero-order valence-electron chi connectivity index (χ0n) is 14.3. The predicted molar refractivity (Wildman–Crippen MR) is 93.0 cm³/mol. The maximum absolute atomic E-state index is 12.5. The van der Waals surface area contributed by atoms with E-state index in [1.807, 2.05) is 26.0 Å². The van der Waals surface area contributed by atoms with Gasteiger partial charge in [-0.1, -0.05) is 12.1 Å². The minimum atomic E-state index is -4.66. The molecule has 5 nitrogen and oxygen atoms in total. The van der Waals surface area contributed by atoms with Crippen molar-refractivity contribution in [3.8, 4) is 5.75 Å². The Morgan fingerprint density at radius 1 is 1.04 bits per heavy atom. The van der Waals surface area contributed by atoms with Gasteiger partial charge in [0.2, 0.25) is 9.84 Å². The molecule has 0 radical (unpaired) electrons. The van der Waals surface area contributed by atoms with Gasteiger partial charge in [0.25, 0.3) is 5.91 Å². The molecule has 0 saturated heterocycles. The fourth-order valence-corrected chi connectivity index (χ4v) is 2.86.